The maximum atomic E-state index is 12.8. The number of halogens is 1. The average molecular weight is 345 g/mol. The van der Waals surface area contributed by atoms with Gasteiger partial charge in [0.15, 0.2) is 0 Å². The maximum absolute atomic E-state index is 12.8. The molecule has 1 aromatic rings. The van der Waals surface area contributed by atoms with Gasteiger partial charge in [-0.2, -0.15) is 11.8 Å². The summed E-state index contributed by atoms with van der Waals surface area (Å²) in [5.74, 6) is 2.38. The fourth-order valence-electron chi connectivity index (χ4n) is 3.08. The van der Waals surface area contributed by atoms with Crippen molar-refractivity contribution in [1.29, 1.82) is 0 Å². The van der Waals surface area contributed by atoms with E-state index in [1.807, 2.05) is 23.9 Å². The van der Waals surface area contributed by atoms with Gasteiger partial charge in [0.25, 0.3) is 5.91 Å². The zero-order valence-corrected chi connectivity index (χ0v) is 14.5. The first-order chi connectivity index (χ1) is 10.2. The number of hydrogen-bond donors (Lipinski definition) is 0. The Morgan fingerprint density at radius 1 is 1.24 bits per heavy atom. The largest absolute Gasteiger partial charge is 0.333 e. The fourth-order valence-corrected chi connectivity index (χ4v) is 5.14. The molecule has 0 radical (unpaired) electrons. The number of nitrogens with zero attached hydrogens (tertiary/aromatic N) is 2. The Bertz CT molecular complexity index is 488. The maximum Gasteiger partial charge on any atom is 0.264 e. The van der Waals surface area contributed by atoms with Crippen LogP contribution in [-0.4, -0.2) is 59.4 Å². The lowest BCUT2D eigenvalue weighted by Gasteiger charge is -2.32. The number of carbonyl (C=O) groups excluding carboxylic acids is 1. The molecule has 0 aliphatic carbocycles. The van der Waals surface area contributed by atoms with Crippen molar-refractivity contribution < 1.29 is 4.79 Å². The number of rotatable bonds is 3. The molecule has 116 valence electrons. The number of likely N-dealkylation sites (tertiary alicyclic amines) is 1. The van der Waals surface area contributed by atoms with Gasteiger partial charge in [0.1, 0.15) is 0 Å². The Morgan fingerprint density at radius 2 is 2.05 bits per heavy atom. The van der Waals surface area contributed by atoms with Gasteiger partial charge in [-0.1, -0.05) is 11.6 Å². The molecule has 2 aliphatic rings. The van der Waals surface area contributed by atoms with Crippen molar-refractivity contribution in [3.05, 3.63) is 21.3 Å². The first-order valence-corrected chi connectivity index (χ1v) is 9.95. The summed E-state index contributed by atoms with van der Waals surface area (Å²) in [6.45, 7) is 4.28. The van der Waals surface area contributed by atoms with E-state index < -0.39 is 0 Å². The van der Waals surface area contributed by atoms with Crippen LogP contribution in [0.1, 0.15) is 28.9 Å². The van der Waals surface area contributed by atoms with Gasteiger partial charge >= 0.3 is 0 Å². The first-order valence-electron chi connectivity index (χ1n) is 7.60. The molecular formula is C15H21ClN2OS2. The van der Waals surface area contributed by atoms with Crippen molar-refractivity contribution in [1.82, 2.24) is 9.80 Å². The summed E-state index contributed by atoms with van der Waals surface area (Å²) < 4.78 is 0.693. The predicted octanol–water partition coefficient (Wildman–Crippen LogP) is 3.45. The third-order valence-corrected chi connectivity index (χ3v) is 6.57. The molecule has 3 heterocycles. The molecule has 0 unspecified atom stereocenters. The number of thioether (sulfide) groups is 1. The topological polar surface area (TPSA) is 23.6 Å². The van der Waals surface area contributed by atoms with E-state index in [1.165, 1.54) is 37.3 Å². The van der Waals surface area contributed by atoms with Gasteiger partial charge in [0.05, 0.1) is 15.3 Å². The molecule has 2 saturated heterocycles. The van der Waals surface area contributed by atoms with E-state index in [2.05, 4.69) is 9.80 Å². The molecule has 6 heteroatoms. The van der Waals surface area contributed by atoms with Crippen LogP contribution in [0.15, 0.2) is 12.1 Å². The lowest BCUT2D eigenvalue weighted by atomic mass is 10.2. The molecule has 0 aromatic carbocycles. The second-order valence-electron chi connectivity index (χ2n) is 5.69. The van der Waals surface area contributed by atoms with Gasteiger partial charge < -0.3 is 9.80 Å². The molecule has 0 saturated carbocycles. The van der Waals surface area contributed by atoms with Crippen LogP contribution in [0.2, 0.25) is 4.34 Å². The van der Waals surface area contributed by atoms with E-state index in [0.29, 0.717) is 10.4 Å². The quantitative estimate of drug-likeness (QED) is 0.839. The van der Waals surface area contributed by atoms with Gasteiger partial charge in [-0.25, -0.2) is 0 Å². The molecule has 0 N–H and O–H groups in total. The van der Waals surface area contributed by atoms with Gasteiger partial charge in [-0.3, -0.25) is 4.79 Å². The standard InChI is InChI=1S/C15H21ClN2OS2/c16-14-5-4-13(21-14)15(19)18-8-3-9-20-11-12(18)10-17-6-1-2-7-17/h4-5,12H,1-3,6-11H2/t12-/m1/s1. The molecule has 2 fully saturated rings. The smallest absolute Gasteiger partial charge is 0.264 e. The van der Waals surface area contributed by atoms with Crippen LogP contribution in [0, 0.1) is 0 Å². The zero-order chi connectivity index (χ0) is 14.7. The minimum absolute atomic E-state index is 0.165. The van der Waals surface area contributed by atoms with Crippen molar-refractivity contribution in [3.8, 4) is 0 Å². The molecular weight excluding hydrogens is 324 g/mol. The summed E-state index contributed by atoms with van der Waals surface area (Å²) >= 11 is 9.37. The van der Waals surface area contributed by atoms with Gasteiger partial charge in [0, 0.05) is 18.8 Å². The average Bonchev–Trinajstić information content (AvgIpc) is 3.07. The highest BCUT2D eigenvalue weighted by molar-refractivity contribution is 7.99. The summed E-state index contributed by atoms with van der Waals surface area (Å²) in [5.41, 5.74) is 0. The van der Waals surface area contributed by atoms with Gasteiger partial charge in [-0.05, 0) is 50.2 Å². The lowest BCUT2D eigenvalue weighted by Crippen LogP contribution is -2.47. The number of carbonyl (C=O) groups is 1. The van der Waals surface area contributed by atoms with Crippen LogP contribution < -0.4 is 0 Å². The molecule has 1 amide bonds. The Labute approximate surface area is 139 Å². The van der Waals surface area contributed by atoms with Crippen molar-refractivity contribution in [2.24, 2.45) is 0 Å². The summed E-state index contributed by atoms with van der Waals surface area (Å²) in [4.78, 5) is 18.2. The molecule has 1 atom stereocenters. The van der Waals surface area contributed by atoms with E-state index in [1.54, 1.807) is 0 Å². The first kappa shape index (κ1) is 15.7. The Morgan fingerprint density at radius 3 is 2.76 bits per heavy atom. The zero-order valence-electron chi connectivity index (χ0n) is 12.1. The summed E-state index contributed by atoms with van der Waals surface area (Å²) in [6.07, 6.45) is 3.69. The van der Waals surface area contributed by atoms with E-state index in [4.69, 9.17) is 11.6 Å². The Hall–Kier alpha value is -0.230. The summed E-state index contributed by atoms with van der Waals surface area (Å²) in [7, 11) is 0. The summed E-state index contributed by atoms with van der Waals surface area (Å²) in [6, 6.07) is 4.02. The van der Waals surface area contributed by atoms with Crippen molar-refractivity contribution in [3.63, 3.8) is 0 Å². The molecule has 21 heavy (non-hydrogen) atoms. The second-order valence-corrected chi connectivity index (χ2v) is 8.56. The number of thiophene rings is 1. The highest BCUT2D eigenvalue weighted by atomic mass is 35.5. The molecule has 2 aliphatic heterocycles. The Kier molecular flexibility index (Phi) is 5.49. The van der Waals surface area contributed by atoms with Crippen LogP contribution >= 0.6 is 34.7 Å². The summed E-state index contributed by atoms with van der Waals surface area (Å²) in [5, 5.41) is 0. The van der Waals surface area contributed by atoms with Crippen molar-refractivity contribution in [2.75, 3.05) is 37.7 Å². The fraction of sp³-hybridized carbons (Fsp3) is 0.667. The van der Waals surface area contributed by atoms with Crippen LogP contribution in [0.25, 0.3) is 0 Å². The number of hydrogen-bond acceptors (Lipinski definition) is 4. The molecule has 3 rings (SSSR count). The number of amides is 1. The third-order valence-electron chi connectivity index (χ3n) is 4.15. The van der Waals surface area contributed by atoms with Crippen LogP contribution in [-0.2, 0) is 0 Å². The highest BCUT2D eigenvalue weighted by Crippen LogP contribution is 2.26. The monoisotopic (exact) mass is 344 g/mol. The minimum atomic E-state index is 0.165. The highest BCUT2D eigenvalue weighted by Gasteiger charge is 2.29. The normalized spacial score (nSPS) is 24.2. The third kappa shape index (κ3) is 3.95. The molecule has 0 spiro atoms. The Balaban J connectivity index is 1.72. The minimum Gasteiger partial charge on any atom is -0.333 e. The SMILES string of the molecule is O=C(c1ccc(Cl)s1)N1CCCSC[C@H]1CN1CCCC1. The van der Waals surface area contributed by atoms with Gasteiger partial charge in [0.2, 0.25) is 0 Å². The van der Waals surface area contributed by atoms with Crippen LogP contribution in [0.5, 0.6) is 0 Å². The second kappa shape index (κ2) is 7.36. The molecule has 3 nitrogen and oxygen atoms in total. The lowest BCUT2D eigenvalue weighted by molar-refractivity contribution is 0.0671. The van der Waals surface area contributed by atoms with E-state index in [0.717, 1.165) is 35.9 Å². The van der Waals surface area contributed by atoms with E-state index >= 15 is 0 Å². The van der Waals surface area contributed by atoms with Crippen LogP contribution in [0.4, 0.5) is 0 Å². The van der Waals surface area contributed by atoms with E-state index in [9.17, 15) is 4.79 Å². The van der Waals surface area contributed by atoms with E-state index in [-0.39, 0.29) is 5.91 Å². The molecule has 1 aromatic heterocycles. The van der Waals surface area contributed by atoms with Crippen molar-refractivity contribution in [2.45, 2.75) is 25.3 Å². The predicted molar refractivity (Wildman–Crippen MR) is 91.8 cm³/mol. The van der Waals surface area contributed by atoms with Crippen molar-refractivity contribution >= 4 is 40.6 Å². The molecule has 0 bridgehead atoms. The van der Waals surface area contributed by atoms with Crippen LogP contribution in [0.3, 0.4) is 0 Å². The van der Waals surface area contributed by atoms with Gasteiger partial charge in [-0.15, -0.1) is 11.3 Å².